The van der Waals surface area contributed by atoms with Crippen LogP contribution in [0.15, 0.2) is 36.4 Å². The monoisotopic (exact) mass is 568 g/mol. The molecule has 2 atom stereocenters. The van der Waals surface area contributed by atoms with Crippen molar-refractivity contribution >= 4 is 11.8 Å². The van der Waals surface area contributed by atoms with Crippen molar-refractivity contribution in [2.75, 3.05) is 32.8 Å². The Morgan fingerprint density at radius 1 is 1.12 bits per heavy atom. The van der Waals surface area contributed by atoms with Gasteiger partial charge in [0.05, 0.1) is 29.9 Å². The fourth-order valence-electron chi connectivity index (χ4n) is 5.71. The lowest BCUT2D eigenvalue weighted by atomic mass is 9.94. The van der Waals surface area contributed by atoms with Gasteiger partial charge in [0.1, 0.15) is 23.3 Å². The summed E-state index contributed by atoms with van der Waals surface area (Å²) < 4.78 is 35.9. The number of rotatable bonds is 10. The zero-order valence-corrected chi connectivity index (χ0v) is 23.6. The molecule has 8 nitrogen and oxygen atoms in total. The molecule has 3 N–H and O–H groups in total. The maximum absolute atomic E-state index is 15.1. The Hall–Kier alpha value is -3.55. The molecule has 2 amide bonds. The number of aliphatic hydroxyl groups is 1. The molecule has 0 spiro atoms. The first kappa shape index (κ1) is 30.4. The number of carbonyl (C=O) groups is 2. The number of hydrogen-bond donors (Lipinski definition) is 2. The molecule has 2 fully saturated rings. The molecular formula is C31H38F2N4O4. The fourth-order valence-corrected chi connectivity index (χ4v) is 5.71. The zero-order valence-electron chi connectivity index (χ0n) is 23.6. The van der Waals surface area contributed by atoms with Gasteiger partial charge in [-0.25, -0.2) is 8.78 Å². The van der Waals surface area contributed by atoms with Gasteiger partial charge < -0.3 is 25.4 Å². The van der Waals surface area contributed by atoms with Crippen molar-refractivity contribution < 1.29 is 28.2 Å². The van der Waals surface area contributed by atoms with Crippen LogP contribution in [0.5, 0.6) is 5.75 Å². The quantitative estimate of drug-likeness (QED) is 0.446. The van der Waals surface area contributed by atoms with Gasteiger partial charge in [-0.3, -0.25) is 9.59 Å². The number of halogens is 2. The minimum absolute atomic E-state index is 0.0873. The number of piperidine rings is 1. The van der Waals surface area contributed by atoms with Gasteiger partial charge in [0.25, 0.3) is 5.91 Å². The van der Waals surface area contributed by atoms with E-state index >= 15 is 4.39 Å². The Kier molecular flexibility index (Phi) is 9.61. The number of hydrogen-bond acceptors (Lipinski definition) is 6. The van der Waals surface area contributed by atoms with Crippen molar-refractivity contribution in [3.8, 4) is 22.9 Å². The van der Waals surface area contributed by atoms with Crippen LogP contribution in [0.2, 0.25) is 0 Å². The highest BCUT2D eigenvalue weighted by Gasteiger charge is 2.40. The lowest BCUT2D eigenvalue weighted by Gasteiger charge is -2.36. The number of benzene rings is 2. The van der Waals surface area contributed by atoms with Gasteiger partial charge in [0.15, 0.2) is 0 Å². The van der Waals surface area contributed by atoms with Crippen LogP contribution in [-0.2, 0) is 4.79 Å². The van der Waals surface area contributed by atoms with Crippen LogP contribution in [0.1, 0.15) is 61.9 Å². The number of aliphatic hydroxyl groups excluding tert-OH is 1. The lowest BCUT2D eigenvalue weighted by molar-refractivity contribution is -0.124. The number of nitrogens with zero attached hydrogens (tertiary/aromatic N) is 3. The molecule has 2 heterocycles. The fraction of sp³-hybridized carbons (Fsp3) is 0.516. The first-order valence-corrected chi connectivity index (χ1v) is 14.3. The number of alkyl halides is 1. The van der Waals surface area contributed by atoms with E-state index in [4.69, 9.17) is 10.5 Å². The van der Waals surface area contributed by atoms with E-state index in [1.165, 1.54) is 18.2 Å². The third-order valence-corrected chi connectivity index (χ3v) is 8.51. The largest absolute Gasteiger partial charge is 0.493 e. The number of carbonyl (C=O) groups excluding carboxylic acids is 2. The average Bonchev–Trinajstić information content (AvgIpc) is 3.37. The SMILES string of the molecule is CCC(F)(CC)CN1CCC(COc2ccc(-c3ccc(C(=O)N4CCC(O)C4C(N)=O)c(F)c3)c(C#N)c2)CC1. The highest BCUT2D eigenvalue weighted by Crippen LogP contribution is 2.31. The summed E-state index contributed by atoms with van der Waals surface area (Å²) in [6, 6.07) is 9.98. The molecule has 0 radical (unpaired) electrons. The van der Waals surface area contributed by atoms with E-state index in [2.05, 4.69) is 11.0 Å². The maximum atomic E-state index is 15.1. The van der Waals surface area contributed by atoms with Gasteiger partial charge in [-0.1, -0.05) is 19.9 Å². The molecule has 4 rings (SSSR count). The molecule has 220 valence electrons. The molecule has 2 unspecified atom stereocenters. The second kappa shape index (κ2) is 13.0. The van der Waals surface area contributed by atoms with E-state index in [-0.39, 0.29) is 18.5 Å². The molecule has 10 heteroatoms. The van der Waals surface area contributed by atoms with Crippen molar-refractivity contribution in [2.24, 2.45) is 11.7 Å². The van der Waals surface area contributed by atoms with Gasteiger partial charge in [-0.2, -0.15) is 5.26 Å². The van der Waals surface area contributed by atoms with Crippen molar-refractivity contribution in [3.05, 3.63) is 53.3 Å². The summed E-state index contributed by atoms with van der Waals surface area (Å²) in [4.78, 5) is 27.9. The van der Waals surface area contributed by atoms with Crippen molar-refractivity contribution in [2.45, 2.75) is 63.8 Å². The zero-order chi connectivity index (χ0) is 29.7. The Labute approximate surface area is 239 Å². The Morgan fingerprint density at radius 2 is 1.83 bits per heavy atom. The molecule has 2 aromatic rings. The molecule has 2 saturated heterocycles. The topological polar surface area (TPSA) is 120 Å². The lowest BCUT2D eigenvalue weighted by Crippen LogP contribution is -2.48. The van der Waals surface area contributed by atoms with Crippen LogP contribution >= 0.6 is 0 Å². The smallest absolute Gasteiger partial charge is 0.257 e. The molecule has 2 aliphatic heterocycles. The van der Waals surface area contributed by atoms with Gasteiger partial charge in [0.2, 0.25) is 5.91 Å². The van der Waals surface area contributed by atoms with Crippen molar-refractivity contribution in [1.29, 1.82) is 5.26 Å². The van der Waals surface area contributed by atoms with Crippen LogP contribution < -0.4 is 10.5 Å². The van der Waals surface area contributed by atoms with Gasteiger partial charge >= 0.3 is 0 Å². The Bertz CT molecular complexity index is 1300. The minimum atomic E-state index is -1.21. The normalized spacial score (nSPS) is 20.1. The highest BCUT2D eigenvalue weighted by molar-refractivity contribution is 5.98. The molecule has 0 aliphatic carbocycles. The standard InChI is InChI=1S/C31H38F2N4O4/c1-3-31(33,4-2)19-36-12-9-20(10-13-36)18-41-23-6-8-24(22(15-23)17-34)21-5-7-25(26(32)16-21)30(40)37-14-11-27(38)28(37)29(35)39/h5-8,15-16,20,27-28,38H,3-4,9-14,18-19H2,1-2H3,(H2,35,39). The Balaban J connectivity index is 1.39. The highest BCUT2D eigenvalue weighted by atomic mass is 19.1. The Morgan fingerprint density at radius 3 is 2.44 bits per heavy atom. The third-order valence-electron chi connectivity index (χ3n) is 8.51. The van der Waals surface area contributed by atoms with E-state index in [0.717, 1.165) is 30.8 Å². The maximum Gasteiger partial charge on any atom is 0.257 e. The molecule has 0 saturated carbocycles. The number of primary amides is 1. The van der Waals surface area contributed by atoms with E-state index < -0.39 is 35.4 Å². The van der Waals surface area contributed by atoms with Gasteiger partial charge in [-0.15, -0.1) is 0 Å². The van der Waals surface area contributed by atoms with E-state index in [1.54, 1.807) is 18.2 Å². The summed E-state index contributed by atoms with van der Waals surface area (Å²) in [5.74, 6) is -1.53. The predicted octanol–water partition coefficient (Wildman–Crippen LogP) is 4.04. The summed E-state index contributed by atoms with van der Waals surface area (Å²) in [6.45, 7) is 6.48. The molecule has 2 aromatic carbocycles. The third kappa shape index (κ3) is 6.85. The van der Waals surface area contributed by atoms with Crippen molar-refractivity contribution in [3.63, 3.8) is 0 Å². The van der Waals surface area contributed by atoms with Crippen molar-refractivity contribution in [1.82, 2.24) is 9.80 Å². The number of amides is 2. The van der Waals surface area contributed by atoms with E-state index in [9.17, 15) is 24.3 Å². The first-order valence-electron chi connectivity index (χ1n) is 14.3. The molecule has 0 bridgehead atoms. The van der Waals surface area contributed by atoms with Crippen LogP contribution in [0, 0.1) is 23.1 Å². The van der Waals surface area contributed by atoms with Crippen LogP contribution in [0.4, 0.5) is 8.78 Å². The molecule has 41 heavy (non-hydrogen) atoms. The molecule has 2 aliphatic rings. The number of likely N-dealkylation sites (tertiary alicyclic amines) is 2. The molecular weight excluding hydrogens is 530 g/mol. The molecule has 0 aromatic heterocycles. The minimum Gasteiger partial charge on any atom is -0.493 e. The van der Waals surface area contributed by atoms with Gasteiger partial charge in [0, 0.05) is 13.1 Å². The second-order valence-electron chi connectivity index (χ2n) is 11.1. The number of ether oxygens (including phenoxy) is 1. The van der Waals surface area contributed by atoms with E-state index in [0.29, 0.717) is 54.4 Å². The summed E-state index contributed by atoms with van der Waals surface area (Å²) in [6.07, 6.45) is 1.94. The predicted molar refractivity (Wildman–Crippen MR) is 150 cm³/mol. The van der Waals surface area contributed by atoms with Crippen LogP contribution in [0.25, 0.3) is 11.1 Å². The summed E-state index contributed by atoms with van der Waals surface area (Å²) in [7, 11) is 0. The first-order chi connectivity index (χ1) is 19.6. The average molecular weight is 569 g/mol. The summed E-state index contributed by atoms with van der Waals surface area (Å²) >= 11 is 0. The summed E-state index contributed by atoms with van der Waals surface area (Å²) in [5.41, 5.74) is 5.14. The second-order valence-corrected chi connectivity index (χ2v) is 11.1. The van der Waals surface area contributed by atoms with E-state index in [1.807, 2.05) is 13.8 Å². The summed E-state index contributed by atoms with van der Waals surface area (Å²) in [5, 5.41) is 19.8. The van der Waals surface area contributed by atoms with Crippen LogP contribution in [-0.4, -0.2) is 77.3 Å². The van der Waals surface area contributed by atoms with Crippen LogP contribution in [0.3, 0.4) is 0 Å². The number of nitriles is 1. The van der Waals surface area contributed by atoms with Gasteiger partial charge in [-0.05, 0) is 92.6 Å². The number of nitrogens with two attached hydrogens (primary N) is 1.